The van der Waals surface area contributed by atoms with Crippen LogP contribution in [0.1, 0.15) is 20.3 Å². The van der Waals surface area contributed by atoms with Crippen LogP contribution in [0.5, 0.6) is 0 Å². The molecular weight excluding hydrogens is 151 g/mol. The Hall–Kier alpha value is 0.460. The molecule has 0 aromatic rings. The highest BCUT2D eigenvalue weighted by Crippen LogP contribution is 2.50. The average molecular weight is 163 g/mol. The topological polar surface area (TPSA) is 0 Å². The molecule has 1 heterocycles. The van der Waals surface area contributed by atoms with Crippen LogP contribution in [0.15, 0.2) is 11.1 Å². The van der Waals surface area contributed by atoms with Gasteiger partial charge < -0.3 is 0 Å². The first-order chi connectivity index (χ1) is 4.24. The van der Waals surface area contributed by atoms with Crippen LogP contribution in [0, 0.1) is 0 Å². The van der Waals surface area contributed by atoms with Crippen molar-refractivity contribution in [3.05, 3.63) is 11.1 Å². The monoisotopic (exact) mass is 162 g/mol. The first-order valence-corrected chi connectivity index (χ1v) is 5.94. The van der Waals surface area contributed by atoms with Crippen LogP contribution in [0.4, 0.5) is 0 Å². The molecule has 1 atom stereocenters. The van der Waals surface area contributed by atoms with E-state index in [0.29, 0.717) is 0 Å². The molecule has 0 bridgehead atoms. The van der Waals surface area contributed by atoms with Crippen molar-refractivity contribution in [2.24, 2.45) is 0 Å². The summed E-state index contributed by atoms with van der Waals surface area (Å²) in [4.78, 5) is 0. The first-order valence-electron chi connectivity index (χ1n) is 3.32. The zero-order valence-corrected chi connectivity index (χ0v) is 7.60. The van der Waals surface area contributed by atoms with Gasteiger partial charge in [-0.2, -0.15) is 0 Å². The van der Waals surface area contributed by atoms with Crippen molar-refractivity contribution in [3.63, 3.8) is 0 Å². The minimum atomic E-state index is -0.151. The van der Waals surface area contributed by atoms with Crippen molar-refractivity contribution < 1.29 is 0 Å². The molecule has 0 nitrogen and oxygen atoms in total. The zero-order chi connectivity index (χ0) is 6.85. The molecule has 1 aliphatic rings. The van der Waals surface area contributed by atoms with Gasteiger partial charge >= 0.3 is 0 Å². The second-order valence-electron chi connectivity index (χ2n) is 2.52. The molecule has 0 aromatic heterocycles. The quantitative estimate of drug-likeness (QED) is 0.410. The van der Waals surface area contributed by atoms with E-state index in [9.17, 15) is 0 Å². The van der Waals surface area contributed by atoms with Gasteiger partial charge in [-0.15, -0.1) is 0 Å². The molecule has 1 aliphatic heterocycles. The summed E-state index contributed by atoms with van der Waals surface area (Å²) >= 11 is 6.00. The van der Waals surface area contributed by atoms with Gasteiger partial charge in [0, 0.05) is 12.3 Å². The van der Waals surface area contributed by atoms with Crippen molar-refractivity contribution in [1.82, 2.24) is 0 Å². The van der Waals surface area contributed by atoms with Crippen molar-refractivity contribution in [3.8, 4) is 0 Å². The highest BCUT2D eigenvalue weighted by molar-refractivity contribution is 7.84. The maximum Gasteiger partial charge on any atom is 0.00301 e. The van der Waals surface area contributed by atoms with Gasteiger partial charge in [0.25, 0.3) is 0 Å². The summed E-state index contributed by atoms with van der Waals surface area (Å²) in [5.74, 6) is 0. The Labute approximate surface area is 62.8 Å². The van der Waals surface area contributed by atoms with Crippen LogP contribution < -0.4 is 0 Å². The lowest BCUT2D eigenvalue weighted by atomic mass is 10.1. The second kappa shape index (κ2) is 3.03. The summed E-state index contributed by atoms with van der Waals surface area (Å²) in [5, 5.41) is 0. The molecule has 0 saturated carbocycles. The van der Waals surface area contributed by atoms with E-state index in [2.05, 4.69) is 13.8 Å². The molecule has 2 heteroatoms. The zero-order valence-electron chi connectivity index (χ0n) is 5.95. The van der Waals surface area contributed by atoms with E-state index in [1.165, 1.54) is 18.7 Å². The fraction of sp³-hybridized carbons (Fsp3) is 0.714. The number of allylic oxidation sites excluding steroid dienone is 2. The molecule has 0 spiro atoms. The lowest BCUT2D eigenvalue weighted by Crippen LogP contribution is -1.80. The maximum atomic E-state index is 6.00. The maximum absolute atomic E-state index is 6.00. The summed E-state index contributed by atoms with van der Waals surface area (Å²) < 4.78 is 0. The Morgan fingerprint density at radius 3 is 2.44 bits per heavy atom. The summed E-state index contributed by atoms with van der Waals surface area (Å²) in [6, 6.07) is 0. The molecule has 0 N–H and O–H groups in total. The third-order valence-corrected chi connectivity index (χ3v) is 4.06. The van der Waals surface area contributed by atoms with Gasteiger partial charge in [-0.3, -0.25) is 0 Å². The first kappa shape index (κ1) is 7.57. The van der Waals surface area contributed by atoms with Gasteiger partial charge in [0.1, 0.15) is 0 Å². The lowest BCUT2D eigenvalue weighted by molar-refractivity contribution is 1.08. The number of rotatable bonds is 1. The molecule has 1 unspecified atom stereocenters. The molecule has 0 amide bonds. The van der Waals surface area contributed by atoms with Gasteiger partial charge in [0.2, 0.25) is 0 Å². The van der Waals surface area contributed by atoms with Gasteiger partial charge in [-0.05, 0) is 20.6 Å². The molecule has 0 radical (unpaired) electrons. The fourth-order valence-electron chi connectivity index (χ4n) is 1.18. The Morgan fingerprint density at radius 1 is 1.56 bits per heavy atom. The van der Waals surface area contributed by atoms with Crippen LogP contribution in [0.3, 0.4) is 0 Å². The number of hydrogen-bond donors (Lipinski definition) is 0. The Balaban J connectivity index is 2.58. The van der Waals surface area contributed by atoms with Crippen molar-refractivity contribution in [2.75, 3.05) is 12.3 Å². The van der Waals surface area contributed by atoms with E-state index in [4.69, 9.17) is 11.2 Å². The lowest BCUT2D eigenvalue weighted by Gasteiger charge is -1.96. The number of hydrogen-bond acceptors (Lipinski definition) is 0. The van der Waals surface area contributed by atoms with Crippen molar-refractivity contribution in [1.29, 1.82) is 0 Å². The minimum Gasteiger partial charge on any atom is -0.0958 e. The van der Waals surface area contributed by atoms with Gasteiger partial charge in [0.05, 0.1) is 0 Å². The van der Waals surface area contributed by atoms with Crippen LogP contribution in [0.2, 0.25) is 0 Å². The Kier molecular flexibility index (Phi) is 2.55. The predicted octanol–water partition coefficient (Wildman–Crippen LogP) is 3.36. The molecule has 9 heavy (non-hydrogen) atoms. The summed E-state index contributed by atoms with van der Waals surface area (Å²) in [6.07, 6.45) is 3.58. The Morgan fingerprint density at radius 2 is 2.22 bits per heavy atom. The molecule has 0 aliphatic carbocycles. The Bertz CT molecular complexity index is 140. The number of halogens is 1. The van der Waals surface area contributed by atoms with Gasteiger partial charge in [-0.25, -0.2) is 0 Å². The molecule has 52 valence electrons. The van der Waals surface area contributed by atoms with Crippen LogP contribution in [-0.4, -0.2) is 12.3 Å². The van der Waals surface area contributed by atoms with Crippen LogP contribution in [-0.2, 0) is 0 Å². The SMILES string of the molecule is CCC1=C(C)CP(Cl)C1. The van der Waals surface area contributed by atoms with Gasteiger partial charge in [-0.1, -0.05) is 29.3 Å². The van der Waals surface area contributed by atoms with Crippen LogP contribution >= 0.6 is 18.5 Å². The smallest absolute Gasteiger partial charge is 0.00301 e. The molecule has 0 fully saturated rings. The summed E-state index contributed by atoms with van der Waals surface area (Å²) in [5.41, 5.74) is 3.16. The van der Waals surface area contributed by atoms with E-state index >= 15 is 0 Å². The summed E-state index contributed by atoms with van der Waals surface area (Å²) in [7, 11) is -0.151. The minimum absolute atomic E-state index is 0.151. The molecule has 0 aromatic carbocycles. The molecule has 0 saturated heterocycles. The highest BCUT2D eigenvalue weighted by atomic mass is 35.7. The largest absolute Gasteiger partial charge is 0.0958 e. The van der Waals surface area contributed by atoms with Crippen LogP contribution in [0.25, 0.3) is 0 Å². The normalized spacial score (nSPS) is 27.7. The standard InChI is InChI=1S/C7H12ClP/c1-3-7-5-9(8)4-6(7)2/h3-5H2,1-2H3. The predicted molar refractivity (Wildman–Crippen MR) is 45.5 cm³/mol. The second-order valence-corrected chi connectivity index (χ2v) is 5.51. The van der Waals surface area contributed by atoms with E-state index in [1.807, 2.05) is 0 Å². The van der Waals surface area contributed by atoms with E-state index < -0.39 is 0 Å². The fourth-order valence-corrected chi connectivity index (χ4v) is 3.91. The third kappa shape index (κ3) is 1.69. The summed E-state index contributed by atoms with van der Waals surface area (Å²) in [6.45, 7) is 4.42. The molecule has 1 rings (SSSR count). The van der Waals surface area contributed by atoms with Gasteiger partial charge in [0.15, 0.2) is 0 Å². The third-order valence-electron chi connectivity index (χ3n) is 1.80. The average Bonchev–Trinajstić information content (AvgIpc) is 2.10. The van der Waals surface area contributed by atoms with E-state index in [0.717, 1.165) is 0 Å². The van der Waals surface area contributed by atoms with E-state index in [-0.39, 0.29) is 7.27 Å². The van der Waals surface area contributed by atoms with Crippen molar-refractivity contribution in [2.45, 2.75) is 20.3 Å². The molecular formula is C7H12ClP. The van der Waals surface area contributed by atoms with E-state index in [1.54, 1.807) is 11.1 Å². The van der Waals surface area contributed by atoms with Crippen molar-refractivity contribution >= 4 is 18.5 Å². The highest BCUT2D eigenvalue weighted by Gasteiger charge is 2.17.